The van der Waals surface area contributed by atoms with Crippen LogP contribution in [0, 0.1) is 0 Å². The van der Waals surface area contributed by atoms with Gasteiger partial charge in [0.25, 0.3) is 5.91 Å². The minimum absolute atomic E-state index is 0.00542. The first-order chi connectivity index (χ1) is 7.77. The summed E-state index contributed by atoms with van der Waals surface area (Å²) in [6.45, 7) is 5.30. The summed E-state index contributed by atoms with van der Waals surface area (Å²) < 4.78 is 4.65. The fourth-order valence-corrected chi connectivity index (χ4v) is 2.18. The average molecular weight is 236 g/mol. The SMILES string of the molecule is CCN(CC)C(=O)c1cncc2nnsc12. The Morgan fingerprint density at radius 3 is 2.81 bits per heavy atom. The van der Waals surface area contributed by atoms with Crippen LogP contribution >= 0.6 is 11.5 Å². The van der Waals surface area contributed by atoms with E-state index in [0.717, 1.165) is 4.70 Å². The number of rotatable bonds is 3. The van der Waals surface area contributed by atoms with Gasteiger partial charge in [0.2, 0.25) is 0 Å². The van der Waals surface area contributed by atoms with Gasteiger partial charge < -0.3 is 4.90 Å². The van der Waals surface area contributed by atoms with Crippen molar-refractivity contribution in [3.8, 4) is 0 Å². The quantitative estimate of drug-likeness (QED) is 0.811. The summed E-state index contributed by atoms with van der Waals surface area (Å²) in [5.74, 6) is -0.00542. The van der Waals surface area contributed by atoms with Gasteiger partial charge in [-0.15, -0.1) is 5.10 Å². The highest BCUT2D eigenvalue weighted by atomic mass is 32.1. The van der Waals surface area contributed by atoms with E-state index in [0.29, 0.717) is 24.2 Å². The van der Waals surface area contributed by atoms with Gasteiger partial charge in [-0.1, -0.05) is 4.49 Å². The maximum atomic E-state index is 12.2. The number of aromatic nitrogens is 3. The molecule has 2 heterocycles. The number of nitrogens with zero attached hydrogens (tertiary/aromatic N) is 4. The fraction of sp³-hybridized carbons (Fsp3) is 0.400. The third-order valence-corrected chi connectivity index (χ3v) is 3.21. The van der Waals surface area contributed by atoms with E-state index in [1.165, 1.54) is 11.5 Å². The molecule has 0 atom stereocenters. The second-order valence-corrected chi connectivity index (χ2v) is 4.04. The Morgan fingerprint density at radius 2 is 2.12 bits per heavy atom. The average Bonchev–Trinajstić information content (AvgIpc) is 2.78. The number of amides is 1. The Bertz CT molecular complexity index is 506. The molecule has 0 saturated carbocycles. The van der Waals surface area contributed by atoms with E-state index in [1.807, 2.05) is 13.8 Å². The molecule has 1 amide bonds. The molecule has 16 heavy (non-hydrogen) atoms. The third-order valence-electron chi connectivity index (χ3n) is 2.44. The highest BCUT2D eigenvalue weighted by molar-refractivity contribution is 7.13. The van der Waals surface area contributed by atoms with E-state index in [-0.39, 0.29) is 5.91 Å². The first kappa shape index (κ1) is 10.9. The minimum Gasteiger partial charge on any atom is -0.339 e. The number of carbonyl (C=O) groups is 1. The summed E-state index contributed by atoms with van der Waals surface area (Å²) in [6, 6.07) is 0. The van der Waals surface area contributed by atoms with Gasteiger partial charge in [0.05, 0.1) is 16.5 Å². The zero-order valence-corrected chi connectivity index (χ0v) is 9.99. The molecule has 2 aromatic rings. The largest absolute Gasteiger partial charge is 0.339 e. The molecular weight excluding hydrogens is 224 g/mol. The van der Waals surface area contributed by atoms with E-state index in [4.69, 9.17) is 0 Å². The fourth-order valence-electron chi connectivity index (χ4n) is 1.54. The smallest absolute Gasteiger partial charge is 0.256 e. The molecule has 84 valence electrons. The van der Waals surface area contributed by atoms with Crippen LogP contribution < -0.4 is 0 Å². The molecular formula is C10H12N4OS. The molecule has 2 rings (SSSR count). The molecule has 0 aliphatic carbocycles. The van der Waals surface area contributed by atoms with Gasteiger partial charge in [-0.2, -0.15) is 0 Å². The first-order valence-corrected chi connectivity index (χ1v) is 5.90. The summed E-state index contributed by atoms with van der Waals surface area (Å²) in [7, 11) is 0. The summed E-state index contributed by atoms with van der Waals surface area (Å²) in [5, 5.41) is 3.91. The molecule has 0 aliphatic heterocycles. The maximum Gasteiger partial charge on any atom is 0.256 e. The molecule has 0 fully saturated rings. The summed E-state index contributed by atoms with van der Waals surface area (Å²) in [4.78, 5) is 17.9. The van der Waals surface area contributed by atoms with Gasteiger partial charge >= 0.3 is 0 Å². The summed E-state index contributed by atoms with van der Waals surface area (Å²) in [5.41, 5.74) is 1.28. The van der Waals surface area contributed by atoms with Crippen molar-refractivity contribution in [3.63, 3.8) is 0 Å². The van der Waals surface area contributed by atoms with Crippen molar-refractivity contribution < 1.29 is 4.79 Å². The number of hydrogen-bond acceptors (Lipinski definition) is 5. The van der Waals surface area contributed by atoms with Crippen molar-refractivity contribution in [2.24, 2.45) is 0 Å². The molecule has 0 saturated heterocycles. The van der Waals surface area contributed by atoms with Crippen LogP contribution in [0.4, 0.5) is 0 Å². The number of hydrogen-bond donors (Lipinski definition) is 0. The van der Waals surface area contributed by atoms with Crippen molar-refractivity contribution in [2.45, 2.75) is 13.8 Å². The van der Waals surface area contributed by atoms with Crippen molar-refractivity contribution in [3.05, 3.63) is 18.0 Å². The molecule has 6 heteroatoms. The predicted octanol–water partition coefficient (Wildman–Crippen LogP) is 1.57. The normalized spacial score (nSPS) is 10.6. The monoisotopic (exact) mass is 236 g/mol. The zero-order chi connectivity index (χ0) is 11.5. The standard InChI is InChI=1S/C10H12N4OS/c1-3-14(4-2)10(15)7-5-11-6-8-9(7)16-13-12-8/h5-6H,3-4H2,1-2H3. The topological polar surface area (TPSA) is 59.0 Å². The van der Waals surface area contributed by atoms with E-state index in [9.17, 15) is 4.79 Å². The molecule has 5 nitrogen and oxygen atoms in total. The van der Waals surface area contributed by atoms with Crippen molar-refractivity contribution in [1.82, 2.24) is 19.5 Å². The van der Waals surface area contributed by atoms with E-state index in [2.05, 4.69) is 14.6 Å². The van der Waals surface area contributed by atoms with Crippen molar-refractivity contribution in [1.29, 1.82) is 0 Å². The van der Waals surface area contributed by atoms with Crippen molar-refractivity contribution >= 4 is 27.7 Å². The van der Waals surface area contributed by atoms with Gasteiger partial charge in [-0.3, -0.25) is 9.78 Å². The Balaban J connectivity index is 2.46. The molecule has 2 aromatic heterocycles. The lowest BCUT2D eigenvalue weighted by Crippen LogP contribution is -2.30. The van der Waals surface area contributed by atoms with Gasteiger partial charge in [0.1, 0.15) is 5.52 Å². The number of pyridine rings is 1. The minimum atomic E-state index is -0.00542. The molecule has 0 spiro atoms. The van der Waals surface area contributed by atoms with Crippen LogP contribution in [0.2, 0.25) is 0 Å². The zero-order valence-electron chi connectivity index (χ0n) is 9.17. The third kappa shape index (κ3) is 1.76. The Hall–Kier alpha value is -1.56. The van der Waals surface area contributed by atoms with Crippen LogP contribution in [0.15, 0.2) is 12.4 Å². The van der Waals surface area contributed by atoms with Crippen LogP contribution in [0.1, 0.15) is 24.2 Å². The van der Waals surface area contributed by atoms with Gasteiger partial charge in [-0.25, -0.2) is 0 Å². The lowest BCUT2D eigenvalue weighted by Gasteiger charge is -2.18. The van der Waals surface area contributed by atoms with Crippen LogP contribution in [0.3, 0.4) is 0 Å². The van der Waals surface area contributed by atoms with Gasteiger partial charge in [0.15, 0.2) is 0 Å². The second-order valence-electron chi connectivity index (χ2n) is 3.29. The number of fused-ring (bicyclic) bond motifs is 1. The Labute approximate surface area is 97.3 Å². The van der Waals surface area contributed by atoms with E-state index < -0.39 is 0 Å². The lowest BCUT2D eigenvalue weighted by atomic mass is 10.2. The highest BCUT2D eigenvalue weighted by Crippen LogP contribution is 2.20. The van der Waals surface area contributed by atoms with Gasteiger partial charge in [0, 0.05) is 19.3 Å². The maximum absolute atomic E-state index is 12.2. The van der Waals surface area contributed by atoms with Crippen LogP contribution in [-0.2, 0) is 0 Å². The molecule has 0 aliphatic rings. The lowest BCUT2D eigenvalue weighted by molar-refractivity contribution is 0.0775. The second kappa shape index (κ2) is 4.52. The first-order valence-electron chi connectivity index (χ1n) is 5.13. The summed E-state index contributed by atoms with van der Waals surface area (Å²) in [6.07, 6.45) is 3.21. The molecule has 0 radical (unpaired) electrons. The predicted molar refractivity (Wildman–Crippen MR) is 62.5 cm³/mol. The van der Waals surface area contributed by atoms with Crippen molar-refractivity contribution in [2.75, 3.05) is 13.1 Å². The van der Waals surface area contributed by atoms with E-state index in [1.54, 1.807) is 17.3 Å². The van der Waals surface area contributed by atoms with Crippen LogP contribution in [-0.4, -0.2) is 38.5 Å². The molecule has 0 N–H and O–H groups in total. The van der Waals surface area contributed by atoms with E-state index >= 15 is 0 Å². The Morgan fingerprint density at radius 1 is 1.38 bits per heavy atom. The highest BCUT2D eigenvalue weighted by Gasteiger charge is 2.17. The molecule has 0 aromatic carbocycles. The van der Waals surface area contributed by atoms with Gasteiger partial charge in [-0.05, 0) is 25.4 Å². The number of carbonyl (C=O) groups excluding carboxylic acids is 1. The Kier molecular flexibility index (Phi) is 3.09. The van der Waals surface area contributed by atoms with Crippen LogP contribution in [0.25, 0.3) is 10.2 Å². The van der Waals surface area contributed by atoms with Crippen LogP contribution in [0.5, 0.6) is 0 Å². The molecule has 0 unspecified atom stereocenters. The summed E-state index contributed by atoms with van der Waals surface area (Å²) >= 11 is 1.23. The molecule has 0 bridgehead atoms.